The zero-order valence-electron chi connectivity index (χ0n) is 13.1. The van der Waals surface area contributed by atoms with Crippen molar-refractivity contribution in [2.24, 2.45) is 0 Å². The number of amides is 1. The highest BCUT2D eigenvalue weighted by Gasteiger charge is 2.72. The molecule has 0 bridgehead atoms. The highest BCUT2D eigenvalue weighted by Crippen LogP contribution is 2.59. The molecule has 1 amide bonds. The van der Waals surface area contributed by atoms with Gasteiger partial charge in [0.05, 0.1) is 6.10 Å². The molecule has 1 N–H and O–H groups in total. The molecule has 0 saturated carbocycles. The number of β-lactam (4-membered cyclic amide) rings is 1. The second-order valence-corrected chi connectivity index (χ2v) is 10.2. The summed E-state index contributed by atoms with van der Waals surface area (Å²) in [5.41, 5.74) is -0.598. The molecule has 0 aliphatic carbocycles. The number of halogens is 1. The Balaban J connectivity index is 2.29. The largest absolute Gasteiger partial charge is 0.458 e. The van der Waals surface area contributed by atoms with Gasteiger partial charge in [0.1, 0.15) is 17.0 Å². The van der Waals surface area contributed by atoms with Crippen LogP contribution in [0.4, 0.5) is 0 Å². The summed E-state index contributed by atoms with van der Waals surface area (Å²) in [6.45, 7) is 10.8. The lowest BCUT2D eigenvalue weighted by molar-refractivity contribution is -0.173. The molecule has 2 rings (SSSR count). The first-order chi connectivity index (χ1) is 9.32. The summed E-state index contributed by atoms with van der Waals surface area (Å²) in [7, 11) is 0. The second kappa shape index (κ2) is 4.86. The third-order valence-corrected chi connectivity index (χ3v) is 7.16. The van der Waals surface area contributed by atoms with Crippen molar-refractivity contribution in [1.29, 1.82) is 0 Å². The van der Waals surface area contributed by atoms with E-state index in [1.165, 1.54) is 11.8 Å². The summed E-state index contributed by atoms with van der Waals surface area (Å²) in [5.74, 6) is -0.646. The number of alkyl halides is 1. The number of rotatable bonds is 2. The number of thioether (sulfide) groups is 1. The summed E-state index contributed by atoms with van der Waals surface area (Å²) >= 11 is 4.90. The van der Waals surface area contributed by atoms with Crippen LogP contribution in [0, 0.1) is 0 Å². The molecule has 0 radical (unpaired) electrons. The summed E-state index contributed by atoms with van der Waals surface area (Å²) in [5, 5.41) is 9.64. The highest BCUT2D eigenvalue weighted by molar-refractivity contribution is 9.10. The molecular formula is C14H22BrNO4S. The van der Waals surface area contributed by atoms with Gasteiger partial charge >= 0.3 is 5.97 Å². The number of carbonyl (C=O) groups excluding carboxylic acids is 2. The Morgan fingerprint density at radius 2 is 2.00 bits per heavy atom. The lowest BCUT2D eigenvalue weighted by Crippen LogP contribution is -2.74. The van der Waals surface area contributed by atoms with Gasteiger partial charge in [-0.2, -0.15) is 0 Å². The van der Waals surface area contributed by atoms with Crippen LogP contribution in [0.1, 0.15) is 41.5 Å². The van der Waals surface area contributed by atoms with Crippen molar-refractivity contribution < 1.29 is 19.4 Å². The Kier molecular flexibility index (Phi) is 3.96. The van der Waals surface area contributed by atoms with Gasteiger partial charge < -0.3 is 14.7 Å². The van der Waals surface area contributed by atoms with E-state index in [4.69, 9.17) is 4.74 Å². The first kappa shape index (κ1) is 17.1. The van der Waals surface area contributed by atoms with Gasteiger partial charge in [-0.1, -0.05) is 15.9 Å². The highest BCUT2D eigenvalue weighted by atomic mass is 79.9. The van der Waals surface area contributed by atoms with E-state index >= 15 is 0 Å². The average Bonchev–Trinajstić information content (AvgIpc) is 2.55. The molecule has 120 valence electrons. The molecule has 7 heteroatoms. The van der Waals surface area contributed by atoms with E-state index < -0.39 is 32.8 Å². The van der Waals surface area contributed by atoms with Crippen molar-refractivity contribution in [1.82, 2.24) is 4.90 Å². The van der Waals surface area contributed by atoms with Gasteiger partial charge in [0.2, 0.25) is 5.91 Å². The summed E-state index contributed by atoms with van der Waals surface area (Å²) < 4.78 is 3.99. The zero-order valence-corrected chi connectivity index (χ0v) is 15.5. The van der Waals surface area contributed by atoms with Crippen molar-refractivity contribution >= 4 is 39.6 Å². The Labute approximate surface area is 137 Å². The van der Waals surface area contributed by atoms with E-state index in [0.717, 1.165) is 0 Å². The van der Waals surface area contributed by atoms with Crippen molar-refractivity contribution in [2.75, 3.05) is 0 Å². The second-order valence-electron chi connectivity index (χ2n) is 7.17. The van der Waals surface area contributed by atoms with Gasteiger partial charge in [-0.15, -0.1) is 11.8 Å². The molecule has 0 aromatic heterocycles. The maximum absolute atomic E-state index is 12.5. The van der Waals surface area contributed by atoms with Crippen LogP contribution in [-0.2, 0) is 14.3 Å². The number of fused-ring (bicyclic) bond motifs is 1. The molecular weight excluding hydrogens is 358 g/mol. The average molecular weight is 380 g/mol. The van der Waals surface area contributed by atoms with E-state index in [-0.39, 0.29) is 11.3 Å². The number of hydrogen-bond acceptors (Lipinski definition) is 5. The van der Waals surface area contributed by atoms with Crippen molar-refractivity contribution in [3.05, 3.63) is 0 Å². The molecule has 4 atom stereocenters. The summed E-state index contributed by atoms with van der Waals surface area (Å²) in [6.07, 6.45) is -0.827. The van der Waals surface area contributed by atoms with E-state index in [0.29, 0.717) is 0 Å². The summed E-state index contributed by atoms with van der Waals surface area (Å²) in [6, 6.07) is -0.636. The molecule has 0 aromatic carbocycles. The fourth-order valence-corrected chi connectivity index (χ4v) is 5.19. The van der Waals surface area contributed by atoms with Crippen molar-refractivity contribution in [3.8, 4) is 0 Å². The molecule has 0 aromatic rings. The van der Waals surface area contributed by atoms with E-state index in [9.17, 15) is 14.7 Å². The van der Waals surface area contributed by atoms with E-state index in [1.54, 1.807) is 32.6 Å². The Morgan fingerprint density at radius 1 is 1.48 bits per heavy atom. The van der Waals surface area contributed by atoms with Crippen LogP contribution in [0.2, 0.25) is 0 Å². The number of ether oxygens (including phenoxy) is 1. The minimum absolute atomic E-state index is 0.253. The lowest BCUT2D eigenvalue weighted by atomic mass is 9.88. The molecule has 2 saturated heterocycles. The normalized spacial score (nSPS) is 36.0. The molecule has 5 nitrogen and oxygen atoms in total. The molecule has 0 spiro atoms. The Hall–Kier alpha value is -0.270. The fourth-order valence-electron chi connectivity index (χ4n) is 2.77. The van der Waals surface area contributed by atoms with Crippen LogP contribution in [0.3, 0.4) is 0 Å². The smallest absolute Gasteiger partial charge is 0.330 e. The molecule has 2 aliphatic rings. The first-order valence-electron chi connectivity index (χ1n) is 6.93. The molecule has 2 fully saturated rings. The maximum atomic E-state index is 12.5. The molecule has 1 unspecified atom stereocenters. The fraction of sp³-hybridized carbons (Fsp3) is 0.857. The van der Waals surface area contributed by atoms with Crippen molar-refractivity contribution in [3.63, 3.8) is 0 Å². The first-order valence-corrected chi connectivity index (χ1v) is 8.60. The van der Waals surface area contributed by atoms with Crippen molar-refractivity contribution in [2.45, 2.75) is 73.7 Å². The van der Waals surface area contributed by atoms with E-state index in [1.807, 2.05) is 13.8 Å². The van der Waals surface area contributed by atoms with Crippen LogP contribution in [-0.4, -0.2) is 54.1 Å². The van der Waals surface area contributed by atoms with E-state index in [2.05, 4.69) is 15.9 Å². The zero-order chi connectivity index (χ0) is 16.4. The SMILES string of the molecule is CC(O)[C@]1(Br)C(=O)N2[C@@H](C(=O)OC(C)(C)C)C(C)(C)S[C@@H]21. The van der Waals surface area contributed by atoms with Crippen LogP contribution in [0.15, 0.2) is 0 Å². The number of carbonyl (C=O) groups is 2. The topological polar surface area (TPSA) is 66.8 Å². The predicted molar refractivity (Wildman–Crippen MR) is 85.3 cm³/mol. The monoisotopic (exact) mass is 379 g/mol. The van der Waals surface area contributed by atoms with Crippen LogP contribution < -0.4 is 0 Å². The van der Waals surface area contributed by atoms with Crippen LogP contribution >= 0.6 is 27.7 Å². The minimum atomic E-state index is -1.01. The summed E-state index contributed by atoms with van der Waals surface area (Å²) in [4.78, 5) is 26.5. The molecule has 2 aliphatic heterocycles. The van der Waals surface area contributed by atoms with Gasteiger partial charge in [-0.25, -0.2) is 4.79 Å². The predicted octanol–water partition coefficient (Wildman–Crippen LogP) is 1.90. The third-order valence-electron chi connectivity index (χ3n) is 3.76. The van der Waals surface area contributed by atoms with Gasteiger partial charge in [0.15, 0.2) is 4.32 Å². The number of aliphatic hydroxyl groups is 1. The van der Waals surface area contributed by atoms with Crippen LogP contribution in [0.25, 0.3) is 0 Å². The van der Waals surface area contributed by atoms with Gasteiger partial charge in [-0.05, 0) is 41.5 Å². The van der Waals surface area contributed by atoms with Gasteiger partial charge in [-0.3, -0.25) is 4.79 Å². The quantitative estimate of drug-likeness (QED) is 0.450. The number of aliphatic hydroxyl groups excluding tert-OH is 1. The Morgan fingerprint density at radius 3 is 2.43 bits per heavy atom. The number of esters is 1. The lowest BCUT2D eigenvalue weighted by Gasteiger charge is -2.51. The standard InChI is InChI=1S/C14H22BrNO4S/c1-7(17)14(15)10(19)16-8(9(18)20-12(2,3)4)13(5,6)21-11(14)16/h7-8,11,17H,1-6H3/t7?,8-,11+,14-/m0/s1. The van der Waals surface area contributed by atoms with Gasteiger partial charge in [0.25, 0.3) is 0 Å². The maximum Gasteiger partial charge on any atom is 0.330 e. The number of nitrogens with zero attached hydrogens (tertiary/aromatic N) is 1. The number of hydrogen-bond donors (Lipinski definition) is 1. The molecule has 21 heavy (non-hydrogen) atoms. The Bertz CT molecular complexity index is 488. The minimum Gasteiger partial charge on any atom is -0.458 e. The molecule has 2 heterocycles. The van der Waals surface area contributed by atoms with Crippen LogP contribution in [0.5, 0.6) is 0 Å². The third kappa shape index (κ3) is 2.51. The van der Waals surface area contributed by atoms with Gasteiger partial charge in [0, 0.05) is 4.75 Å².